The fourth-order valence-corrected chi connectivity index (χ4v) is 3.24. The molecular weight excluding hydrogens is 314 g/mol. The molecule has 126 valence electrons. The van der Waals surface area contributed by atoms with E-state index in [0.29, 0.717) is 6.54 Å². The molecule has 0 atom stereocenters. The number of aromatic nitrogens is 2. The van der Waals surface area contributed by atoms with Crippen LogP contribution in [-0.4, -0.2) is 29.1 Å². The molecule has 0 radical (unpaired) electrons. The predicted octanol–water partition coefficient (Wildman–Crippen LogP) is 3.14. The molecule has 2 aromatic carbocycles. The Labute approximate surface area is 146 Å². The Morgan fingerprint density at radius 2 is 2.04 bits per heavy atom. The summed E-state index contributed by atoms with van der Waals surface area (Å²) in [5, 5.41) is 2.90. The van der Waals surface area contributed by atoms with E-state index in [0.717, 1.165) is 45.9 Å². The molecular formula is C20H19N3O2. The summed E-state index contributed by atoms with van der Waals surface area (Å²) in [4.78, 5) is 16.7. The van der Waals surface area contributed by atoms with Gasteiger partial charge in [0.25, 0.3) is 5.91 Å². The standard InChI is InChI=1S/C20H19N3O2/c1-13-3-6-16(18(11-13)25-2)19-21-9-10-23(19)15-5-4-14-7-8-22-20(24)17(14)12-15/h3-6,9-12H,7-8H2,1-2H3,(H,22,24). The number of imidazole rings is 1. The third-order valence-corrected chi connectivity index (χ3v) is 4.53. The fraction of sp³-hybridized carbons (Fsp3) is 0.200. The molecule has 5 nitrogen and oxygen atoms in total. The highest BCUT2D eigenvalue weighted by molar-refractivity contribution is 5.97. The van der Waals surface area contributed by atoms with Crippen molar-refractivity contribution in [3.8, 4) is 22.8 Å². The molecule has 0 aliphatic carbocycles. The summed E-state index contributed by atoms with van der Waals surface area (Å²) in [6, 6.07) is 12.0. The lowest BCUT2D eigenvalue weighted by Gasteiger charge is -2.18. The summed E-state index contributed by atoms with van der Waals surface area (Å²) >= 11 is 0. The number of fused-ring (bicyclic) bond motifs is 1. The van der Waals surface area contributed by atoms with Crippen molar-refractivity contribution in [2.75, 3.05) is 13.7 Å². The number of nitrogens with one attached hydrogen (secondary N) is 1. The zero-order valence-electron chi connectivity index (χ0n) is 14.2. The Morgan fingerprint density at radius 3 is 2.88 bits per heavy atom. The van der Waals surface area contributed by atoms with Crippen LogP contribution in [0.25, 0.3) is 17.1 Å². The molecule has 0 saturated heterocycles. The SMILES string of the molecule is COc1cc(C)ccc1-c1nccn1-c1ccc2c(c1)C(=O)NCC2. The lowest BCUT2D eigenvalue weighted by Crippen LogP contribution is -2.31. The minimum absolute atomic E-state index is 0.0160. The fourth-order valence-electron chi connectivity index (χ4n) is 3.24. The van der Waals surface area contributed by atoms with E-state index >= 15 is 0 Å². The Hall–Kier alpha value is -3.08. The topological polar surface area (TPSA) is 56.2 Å². The summed E-state index contributed by atoms with van der Waals surface area (Å²) in [6.45, 7) is 2.73. The first kappa shape index (κ1) is 15.4. The van der Waals surface area contributed by atoms with Crippen LogP contribution < -0.4 is 10.1 Å². The monoisotopic (exact) mass is 333 g/mol. The van der Waals surface area contributed by atoms with Gasteiger partial charge in [-0.3, -0.25) is 9.36 Å². The van der Waals surface area contributed by atoms with Gasteiger partial charge in [0, 0.05) is 30.2 Å². The molecule has 1 aromatic heterocycles. The zero-order valence-corrected chi connectivity index (χ0v) is 14.2. The van der Waals surface area contributed by atoms with Crippen molar-refractivity contribution >= 4 is 5.91 Å². The number of methoxy groups -OCH3 is 1. The van der Waals surface area contributed by atoms with Crippen molar-refractivity contribution < 1.29 is 9.53 Å². The van der Waals surface area contributed by atoms with Crippen molar-refractivity contribution in [1.82, 2.24) is 14.9 Å². The lowest BCUT2D eigenvalue weighted by molar-refractivity contribution is 0.0946. The molecule has 1 amide bonds. The van der Waals surface area contributed by atoms with Gasteiger partial charge in [0.2, 0.25) is 0 Å². The minimum Gasteiger partial charge on any atom is -0.496 e. The highest BCUT2D eigenvalue weighted by Crippen LogP contribution is 2.31. The smallest absolute Gasteiger partial charge is 0.251 e. The van der Waals surface area contributed by atoms with Gasteiger partial charge in [-0.05, 0) is 48.7 Å². The van der Waals surface area contributed by atoms with Crippen molar-refractivity contribution in [1.29, 1.82) is 0 Å². The number of rotatable bonds is 3. The largest absolute Gasteiger partial charge is 0.496 e. The summed E-state index contributed by atoms with van der Waals surface area (Å²) in [6.07, 6.45) is 4.52. The van der Waals surface area contributed by atoms with Gasteiger partial charge in [-0.2, -0.15) is 0 Å². The number of benzene rings is 2. The maximum Gasteiger partial charge on any atom is 0.251 e. The number of hydrogen-bond donors (Lipinski definition) is 1. The number of carbonyl (C=O) groups is 1. The summed E-state index contributed by atoms with van der Waals surface area (Å²) in [7, 11) is 1.66. The summed E-state index contributed by atoms with van der Waals surface area (Å²) < 4.78 is 7.51. The Morgan fingerprint density at radius 1 is 1.16 bits per heavy atom. The van der Waals surface area contributed by atoms with Gasteiger partial charge in [-0.25, -0.2) is 4.98 Å². The first-order valence-corrected chi connectivity index (χ1v) is 8.27. The molecule has 3 aromatic rings. The van der Waals surface area contributed by atoms with Crippen LogP contribution >= 0.6 is 0 Å². The number of hydrogen-bond acceptors (Lipinski definition) is 3. The number of amides is 1. The number of carbonyl (C=O) groups excluding carboxylic acids is 1. The average molecular weight is 333 g/mol. The number of nitrogens with zero attached hydrogens (tertiary/aromatic N) is 2. The van der Waals surface area contributed by atoms with Gasteiger partial charge >= 0.3 is 0 Å². The second-order valence-corrected chi connectivity index (χ2v) is 6.17. The number of ether oxygens (including phenoxy) is 1. The van der Waals surface area contributed by atoms with Crippen molar-refractivity contribution in [2.45, 2.75) is 13.3 Å². The second kappa shape index (κ2) is 6.09. The first-order valence-electron chi connectivity index (χ1n) is 8.27. The van der Waals surface area contributed by atoms with Crippen LogP contribution in [-0.2, 0) is 6.42 Å². The second-order valence-electron chi connectivity index (χ2n) is 6.17. The van der Waals surface area contributed by atoms with Crippen LogP contribution in [0.5, 0.6) is 5.75 Å². The van der Waals surface area contributed by atoms with Crippen LogP contribution in [0, 0.1) is 6.92 Å². The predicted molar refractivity (Wildman–Crippen MR) is 96.3 cm³/mol. The van der Waals surface area contributed by atoms with Crippen LogP contribution in [0.1, 0.15) is 21.5 Å². The van der Waals surface area contributed by atoms with Crippen molar-refractivity contribution in [2.24, 2.45) is 0 Å². The Bertz CT molecular complexity index is 959. The number of aryl methyl sites for hydroxylation is 1. The Kier molecular flexibility index (Phi) is 3.76. The van der Waals surface area contributed by atoms with E-state index < -0.39 is 0 Å². The maximum absolute atomic E-state index is 12.1. The molecule has 0 unspecified atom stereocenters. The van der Waals surface area contributed by atoms with E-state index in [2.05, 4.69) is 10.3 Å². The van der Waals surface area contributed by atoms with E-state index in [-0.39, 0.29) is 5.91 Å². The summed E-state index contributed by atoms with van der Waals surface area (Å²) in [5.74, 6) is 1.55. The molecule has 1 aliphatic rings. The molecule has 25 heavy (non-hydrogen) atoms. The van der Waals surface area contributed by atoms with Crippen LogP contribution in [0.15, 0.2) is 48.8 Å². The van der Waals surface area contributed by atoms with Gasteiger partial charge in [-0.15, -0.1) is 0 Å². The van der Waals surface area contributed by atoms with E-state index in [1.807, 2.05) is 54.1 Å². The molecule has 0 saturated carbocycles. The molecule has 0 spiro atoms. The molecule has 5 heteroatoms. The normalized spacial score (nSPS) is 13.3. The highest BCUT2D eigenvalue weighted by Gasteiger charge is 2.19. The lowest BCUT2D eigenvalue weighted by atomic mass is 9.99. The van der Waals surface area contributed by atoms with Gasteiger partial charge in [-0.1, -0.05) is 12.1 Å². The molecule has 2 heterocycles. The molecule has 1 N–H and O–H groups in total. The third-order valence-electron chi connectivity index (χ3n) is 4.53. The van der Waals surface area contributed by atoms with E-state index in [1.165, 1.54) is 0 Å². The molecule has 4 rings (SSSR count). The highest BCUT2D eigenvalue weighted by atomic mass is 16.5. The van der Waals surface area contributed by atoms with Crippen molar-refractivity contribution in [3.05, 3.63) is 65.5 Å². The molecule has 0 bridgehead atoms. The quantitative estimate of drug-likeness (QED) is 0.801. The van der Waals surface area contributed by atoms with E-state index in [9.17, 15) is 4.79 Å². The molecule has 0 fully saturated rings. The minimum atomic E-state index is -0.0160. The summed E-state index contributed by atoms with van der Waals surface area (Å²) in [5.41, 5.74) is 4.77. The van der Waals surface area contributed by atoms with Gasteiger partial charge in [0.1, 0.15) is 11.6 Å². The maximum atomic E-state index is 12.1. The van der Waals surface area contributed by atoms with Gasteiger partial charge in [0.05, 0.1) is 12.7 Å². The van der Waals surface area contributed by atoms with Crippen LogP contribution in [0.3, 0.4) is 0 Å². The molecule has 1 aliphatic heterocycles. The van der Waals surface area contributed by atoms with E-state index in [4.69, 9.17) is 4.74 Å². The zero-order chi connectivity index (χ0) is 17.4. The van der Waals surface area contributed by atoms with Gasteiger partial charge < -0.3 is 10.1 Å². The van der Waals surface area contributed by atoms with Crippen LogP contribution in [0.2, 0.25) is 0 Å². The third kappa shape index (κ3) is 2.67. The van der Waals surface area contributed by atoms with Crippen LogP contribution in [0.4, 0.5) is 0 Å². The first-order chi connectivity index (χ1) is 12.2. The van der Waals surface area contributed by atoms with Gasteiger partial charge in [0.15, 0.2) is 0 Å². The van der Waals surface area contributed by atoms with Crippen molar-refractivity contribution in [3.63, 3.8) is 0 Å². The Balaban J connectivity index is 1.83. The van der Waals surface area contributed by atoms with E-state index in [1.54, 1.807) is 13.3 Å². The average Bonchev–Trinajstić information content (AvgIpc) is 3.11.